The van der Waals surface area contributed by atoms with Crippen LogP contribution in [0, 0.1) is 0 Å². The zero-order valence-corrected chi connectivity index (χ0v) is 14.7. The molecule has 4 rings (SSSR count). The molecule has 2 saturated heterocycles. The van der Waals surface area contributed by atoms with Gasteiger partial charge in [0.2, 0.25) is 5.91 Å². The third kappa shape index (κ3) is 4.10. The third-order valence-electron chi connectivity index (χ3n) is 5.49. The lowest BCUT2D eigenvalue weighted by Gasteiger charge is -2.40. The quantitative estimate of drug-likeness (QED) is 0.759. The third-order valence-corrected chi connectivity index (χ3v) is 5.49. The van der Waals surface area contributed by atoms with Crippen molar-refractivity contribution in [3.8, 4) is 0 Å². The van der Waals surface area contributed by atoms with Crippen molar-refractivity contribution in [1.29, 1.82) is 0 Å². The van der Waals surface area contributed by atoms with Crippen molar-refractivity contribution < 1.29 is 9.53 Å². The summed E-state index contributed by atoms with van der Waals surface area (Å²) in [7, 11) is 0. The van der Waals surface area contributed by atoms with E-state index in [4.69, 9.17) is 4.74 Å². The molecule has 1 aromatic heterocycles. The molecule has 3 fully saturated rings. The number of likely N-dealkylation sites (tertiary alicyclic amines) is 1. The smallest absolute Gasteiger partial charge is 0.248 e. The van der Waals surface area contributed by atoms with Gasteiger partial charge < -0.3 is 19.4 Å². The van der Waals surface area contributed by atoms with Gasteiger partial charge in [-0.1, -0.05) is 0 Å². The van der Waals surface area contributed by atoms with E-state index in [0.717, 1.165) is 51.4 Å². The summed E-state index contributed by atoms with van der Waals surface area (Å²) in [5, 5.41) is 0. The maximum atomic E-state index is 11.8. The Morgan fingerprint density at radius 3 is 2.60 bits per heavy atom. The van der Waals surface area contributed by atoms with E-state index in [1.165, 1.54) is 12.8 Å². The molecule has 0 N–H and O–H groups in total. The van der Waals surface area contributed by atoms with Gasteiger partial charge in [0.05, 0.1) is 6.61 Å². The van der Waals surface area contributed by atoms with E-state index in [9.17, 15) is 4.79 Å². The standard InChI is InChI=1S/C18H27N5O2/c24-18-13-25-12-11-22(18)10-9-21-7-4-16(5-8-21)23(15-1-2-15)17-3-6-19-14-20-17/h3,6,14-16H,1-2,4-5,7-13H2. The Kier molecular flexibility index (Phi) is 5.12. The molecule has 0 aromatic carbocycles. The number of nitrogens with zero attached hydrogens (tertiary/aromatic N) is 5. The van der Waals surface area contributed by atoms with Gasteiger partial charge in [-0.15, -0.1) is 0 Å². The zero-order valence-electron chi connectivity index (χ0n) is 14.7. The molecule has 2 aliphatic heterocycles. The number of amides is 1. The molecule has 1 saturated carbocycles. The van der Waals surface area contributed by atoms with Crippen LogP contribution in [0.5, 0.6) is 0 Å². The van der Waals surface area contributed by atoms with E-state index in [1.54, 1.807) is 6.33 Å². The fourth-order valence-corrected chi connectivity index (χ4v) is 3.93. The first kappa shape index (κ1) is 16.7. The molecule has 3 aliphatic rings. The molecule has 1 aliphatic carbocycles. The van der Waals surface area contributed by atoms with Crippen LogP contribution in [0.2, 0.25) is 0 Å². The fraction of sp³-hybridized carbons (Fsp3) is 0.722. The molecule has 7 nitrogen and oxygen atoms in total. The number of ether oxygens (including phenoxy) is 1. The van der Waals surface area contributed by atoms with E-state index in [1.807, 2.05) is 17.2 Å². The van der Waals surface area contributed by atoms with Crippen LogP contribution in [-0.2, 0) is 9.53 Å². The maximum Gasteiger partial charge on any atom is 0.248 e. The van der Waals surface area contributed by atoms with Crippen LogP contribution in [0.3, 0.4) is 0 Å². The van der Waals surface area contributed by atoms with Crippen molar-refractivity contribution in [2.24, 2.45) is 0 Å². The number of hydrogen-bond donors (Lipinski definition) is 0. The molecule has 0 bridgehead atoms. The van der Waals surface area contributed by atoms with Crippen LogP contribution in [0.4, 0.5) is 5.82 Å². The fourth-order valence-electron chi connectivity index (χ4n) is 3.93. The van der Waals surface area contributed by atoms with Crippen LogP contribution < -0.4 is 4.90 Å². The number of carbonyl (C=O) groups excluding carboxylic acids is 1. The predicted octanol–water partition coefficient (Wildman–Crippen LogP) is 0.769. The molecule has 3 heterocycles. The highest BCUT2D eigenvalue weighted by Crippen LogP contribution is 2.34. The van der Waals surface area contributed by atoms with Crippen LogP contribution in [-0.4, -0.2) is 83.7 Å². The Hall–Kier alpha value is -1.73. The highest BCUT2D eigenvalue weighted by molar-refractivity contribution is 5.77. The van der Waals surface area contributed by atoms with Gasteiger partial charge in [0.25, 0.3) is 0 Å². The monoisotopic (exact) mass is 345 g/mol. The number of carbonyl (C=O) groups is 1. The summed E-state index contributed by atoms with van der Waals surface area (Å²) in [4.78, 5) is 27.3. The zero-order chi connectivity index (χ0) is 17.1. The summed E-state index contributed by atoms with van der Waals surface area (Å²) >= 11 is 0. The molecule has 25 heavy (non-hydrogen) atoms. The second-order valence-corrected chi connectivity index (χ2v) is 7.21. The van der Waals surface area contributed by atoms with Gasteiger partial charge in [0.1, 0.15) is 18.8 Å². The largest absolute Gasteiger partial charge is 0.370 e. The van der Waals surface area contributed by atoms with E-state index in [0.29, 0.717) is 18.7 Å². The van der Waals surface area contributed by atoms with Gasteiger partial charge in [-0.2, -0.15) is 0 Å². The SMILES string of the molecule is O=C1COCCN1CCN1CCC(N(c2ccncn2)C2CC2)CC1. The number of aromatic nitrogens is 2. The first-order chi connectivity index (χ1) is 12.3. The van der Waals surface area contributed by atoms with Crippen molar-refractivity contribution in [3.05, 3.63) is 18.6 Å². The first-order valence-electron chi connectivity index (χ1n) is 9.43. The maximum absolute atomic E-state index is 11.8. The van der Waals surface area contributed by atoms with Crippen LogP contribution in [0.25, 0.3) is 0 Å². The molecule has 136 valence electrons. The lowest BCUT2D eigenvalue weighted by atomic mass is 10.0. The number of hydrogen-bond acceptors (Lipinski definition) is 6. The summed E-state index contributed by atoms with van der Waals surface area (Å²) in [6.07, 6.45) is 8.38. The lowest BCUT2D eigenvalue weighted by Crippen LogP contribution is -2.49. The molecule has 0 radical (unpaired) electrons. The second-order valence-electron chi connectivity index (χ2n) is 7.21. The van der Waals surface area contributed by atoms with E-state index < -0.39 is 0 Å². The summed E-state index contributed by atoms with van der Waals surface area (Å²) in [6, 6.07) is 3.27. The van der Waals surface area contributed by atoms with Gasteiger partial charge in [0.15, 0.2) is 0 Å². The van der Waals surface area contributed by atoms with Crippen molar-refractivity contribution in [1.82, 2.24) is 19.8 Å². The summed E-state index contributed by atoms with van der Waals surface area (Å²) in [5.74, 6) is 1.21. The molecule has 0 unspecified atom stereocenters. The minimum atomic E-state index is 0.129. The Balaban J connectivity index is 1.28. The number of morpholine rings is 1. The van der Waals surface area contributed by atoms with Crippen LogP contribution >= 0.6 is 0 Å². The number of anilines is 1. The summed E-state index contributed by atoms with van der Waals surface area (Å²) in [6.45, 7) is 5.63. The van der Waals surface area contributed by atoms with Crippen LogP contribution in [0.15, 0.2) is 18.6 Å². The van der Waals surface area contributed by atoms with Gasteiger partial charge in [-0.05, 0) is 31.7 Å². The van der Waals surface area contributed by atoms with Gasteiger partial charge in [-0.3, -0.25) is 4.79 Å². The lowest BCUT2D eigenvalue weighted by molar-refractivity contribution is -0.142. The molecule has 0 spiro atoms. The number of piperidine rings is 1. The highest BCUT2D eigenvalue weighted by atomic mass is 16.5. The van der Waals surface area contributed by atoms with Gasteiger partial charge in [-0.25, -0.2) is 9.97 Å². The predicted molar refractivity (Wildman–Crippen MR) is 94.4 cm³/mol. The van der Waals surface area contributed by atoms with E-state index >= 15 is 0 Å². The van der Waals surface area contributed by atoms with Gasteiger partial charge in [0, 0.05) is 51.0 Å². The topological polar surface area (TPSA) is 61.8 Å². The Bertz CT molecular complexity index is 572. The van der Waals surface area contributed by atoms with Crippen LogP contribution in [0.1, 0.15) is 25.7 Å². The molecular formula is C18H27N5O2. The summed E-state index contributed by atoms with van der Waals surface area (Å²) < 4.78 is 5.19. The first-order valence-corrected chi connectivity index (χ1v) is 9.43. The molecule has 1 amide bonds. The Morgan fingerprint density at radius 2 is 1.92 bits per heavy atom. The minimum absolute atomic E-state index is 0.129. The van der Waals surface area contributed by atoms with Crippen molar-refractivity contribution >= 4 is 11.7 Å². The number of rotatable bonds is 6. The molecular weight excluding hydrogens is 318 g/mol. The summed E-state index contributed by atoms with van der Waals surface area (Å²) in [5.41, 5.74) is 0. The Morgan fingerprint density at radius 1 is 1.12 bits per heavy atom. The second kappa shape index (κ2) is 7.66. The average molecular weight is 345 g/mol. The molecule has 7 heteroatoms. The van der Waals surface area contributed by atoms with E-state index in [-0.39, 0.29) is 12.5 Å². The molecule has 1 aromatic rings. The average Bonchev–Trinajstić information content (AvgIpc) is 3.48. The minimum Gasteiger partial charge on any atom is -0.370 e. The highest BCUT2D eigenvalue weighted by Gasteiger charge is 2.36. The van der Waals surface area contributed by atoms with E-state index in [2.05, 4.69) is 19.8 Å². The van der Waals surface area contributed by atoms with Crippen molar-refractivity contribution in [2.75, 3.05) is 50.8 Å². The normalized spacial score (nSPS) is 23.0. The van der Waals surface area contributed by atoms with Gasteiger partial charge >= 0.3 is 0 Å². The van der Waals surface area contributed by atoms with Crippen molar-refractivity contribution in [3.63, 3.8) is 0 Å². The molecule has 0 atom stereocenters. The van der Waals surface area contributed by atoms with Crippen molar-refractivity contribution in [2.45, 2.75) is 37.8 Å². The Labute approximate surface area is 149 Å².